The van der Waals surface area contributed by atoms with Crippen LogP contribution in [0.3, 0.4) is 0 Å². The van der Waals surface area contributed by atoms with E-state index in [1.54, 1.807) is 19.1 Å². The maximum absolute atomic E-state index is 12.8. The van der Waals surface area contributed by atoms with Crippen molar-refractivity contribution in [1.29, 1.82) is 0 Å². The van der Waals surface area contributed by atoms with Gasteiger partial charge in [-0.1, -0.05) is 6.07 Å². The number of aliphatic carboxylic acids is 1. The summed E-state index contributed by atoms with van der Waals surface area (Å²) >= 11 is 0. The van der Waals surface area contributed by atoms with Gasteiger partial charge in [0.05, 0.1) is 23.3 Å². The van der Waals surface area contributed by atoms with Crippen molar-refractivity contribution in [2.24, 2.45) is 0 Å². The second kappa shape index (κ2) is 7.99. The Labute approximate surface area is 187 Å². The second-order valence-corrected chi connectivity index (χ2v) is 8.15. The molecule has 2 heterocycles. The summed E-state index contributed by atoms with van der Waals surface area (Å²) in [7, 11) is 0. The van der Waals surface area contributed by atoms with E-state index in [1.165, 1.54) is 26.0 Å². The van der Waals surface area contributed by atoms with Gasteiger partial charge in [0, 0.05) is 17.1 Å². The molecule has 33 heavy (non-hydrogen) atoms. The number of carbonyl (C=O) groups is 1. The van der Waals surface area contributed by atoms with Crippen LogP contribution in [0.2, 0.25) is 0 Å². The molecule has 0 unspecified atom stereocenters. The molecular formula is C24H21F3N2O4. The highest BCUT2D eigenvalue weighted by Gasteiger charge is 2.31. The predicted octanol–water partition coefficient (Wildman–Crippen LogP) is 5.91. The lowest BCUT2D eigenvalue weighted by atomic mass is 10.1. The van der Waals surface area contributed by atoms with E-state index in [-0.39, 0.29) is 5.89 Å². The first-order chi connectivity index (χ1) is 15.5. The molecule has 0 saturated heterocycles. The third-order valence-electron chi connectivity index (χ3n) is 5.32. The largest absolute Gasteiger partial charge is 0.478 e. The van der Waals surface area contributed by atoms with Crippen LogP contribution in [0.1, 0.15) is 30.9 Å². The molecule has 0 aliphatic rings. The number of aromatic nitrogens is 2. The molecule has 2 aromatic carbocycles. The molecule has 0 aliphatic carbocycles. The SMILES string of the molecule is Cc1nc(-c2ccc(C(F)(F)F)cc2)oc1Cn1ccc2c(OC(C)(C)C(=O)O)cccc21. The van der Waals surface area contributed by atoms with Crippen LogP contribution < -0.4 is 4.74 Å². The molecule has 0 radical (unpaired) electrons. The van der Waals surface area contributed by atoms with Gasteiger partial charge in [-0.15, -0.1) is 0 Å². The van der Waals surface area contributed by atoms with Crippen LogP contribution in [-0.4, -0.2) is 26.2 Å². The minimum atomic E-state index is -4.41. The number of rotatable bonds is 6. The highest BCUT2D eigenvalue weighted by molar-refractivity contribution is 5.87. The molecule has 4 rings (SSSR count). The van der Waals surface area contributed by atoms with Gasteiger partial charge in [0.2, 0.25) is 5.89 Å². The van der Waals surface area contributed by atoms with Crippen molar-refractivity contribution in [2.45, 2.75) is 39.1 Å². The van der Waals surface area contributed by atoms with Gasteiger partial charge in [0.1, 0.15) is 11.5 Å². The van der Waals surface area contributed by atoms with E-state index in [2.05, 4.69) is 4.98 Å². The van der Waals surface area contributed by atoms with E-state index in [4.69, 9.17) is 9.15 Å². The van der Waals surface area contributed by atoms with Gasteiger partial charge in [-0.3, -0.25) is 0 Å². The standard InChI is InChI=1S/C24H21F3N2O4/c1-14-20(32-21(28-14)15-7-9-16(10-8-15)24(25,26)27)13-29-12-11-17-18(29)5-4-6-19(17)33-23(2,3)22(30)31/h4-12H,13H2,1-3H3,(H,30,31). The van der Waals surface area contributed by atoms with Crippen molar-refractivity contribution in [3.8, 4) is 17.2 Å². The number of hydrogen-bond donors (Lipinski definition) is 1. The van der Waals surface area contributed by atoms with Gasteiger partial charge in [-0.2, -0.15) is 13.2 Å². The Morgan fingerprint density at radius 1 is 1.12 bits per heavy atom. The Balaban J connectivity index is 1.61. The summed E-state index contributed by atoms with van der Waals surface area (Å²) in [5, 5.41) is 10.1. The van der Waals surface area contributed by atoms with Crippen LogP contribution in [-0.2, 0) is 17.5 Å². The molecule has 1 N–H and O–H groups in total. The summed E-state index contributed by atoms with van der Waals surface area (Å²) in [6.45, 7) is 5.05. The monoisotopic (exact) mass is 458 g/mol. The quantitative estimate of drug-likeness (QED) is 0.388. The molecule has 0 fully saturated rings. The molecule has 0 spiro atoms. The number of carboxylic acids is 1. The number of aryl methyl sites for hydroxylation is 1. The Morgan fingerprint density at radius 2 is 1.82 bits per heavy atom. The van der Waals surface area contributed by atoms with E-state index in [9.17, 15) is 23.1 Å². The third kappa shape index (κ3) is 4.44. The van der Waals surface area contributed by atoms with E-state index in [0.29, 0.717) is 29.3 Å². The molecule has 0 atom stereocenters. The molecule has 4 aromatic rings. The summed E-state index contributed by atoms with van der Waals surface area (Å²) in [6, 6.07) is 11.8. The van der Waals surface area contributed by atoms with Crippen molar-refractivity contribution in [2.75, 3.05) is 0 Å². The molecule has 172 valence electrons. The van der Waals surface area contributed by atoms with Crippen LogP contribution in [0, 0.1) is 6.92 Å². The smallest absolute Gasteiger partial charge is 0.416 e. The average molecular weight is 458 g/mol. The predicted molar refractivity (Wildman–Crippen MR) is 115 cm³/mol. The fourth-order valence-corrected chi connectivity index (χ4v) is 3.40. The van der Waals surface area contributed by atoms with E-state index in [1.807, 2.05) is 22.9 Å². The third-order valence-corrected chi connectivity index (χ3v) is 5.32. The lowest BCUT2D eigenvalue weighted by Crippen LogP contribution is -2.37. The van der Waals surface area contributed by atoms with Gasteiger partial charge in [0.25, 0.3) is 0 Å². The first-order valence-corrected chi connectivity index (χ1v) is 10.1. The van der Waals surface area contributed by atoms with Crippen LogP contribution >= 0.6 is 0 Å². The Hall–Kier alpha value is -3.75. The van der Waals surface area contributed by atoms with Gasteiger partial charge in [-0.05, 0) is 63.2 Å². The zero-order valence-electron chi connectivity index (χ0n) is 18.1. The summed E-state index contributed by atoms with van der Waals surface area (Å²) in [5.74, 6) is 0.157. The fraction of sp³-hybridized carbons (Fsp3) is 0.250. The lowest BCUT2D eigenvalue weighted by molar-refractivity contribution is -0.152. The number of nitrogens with zero attached hydrogens (tertiary/aromatic N) is 2. The first-order valence-electron chi connectivity index (χ1n) is 10.1. The molecule has 0 saturated carbocycles. The van der Waals surface area contributed by atoms with E-state index < -0.39 is 23.3 Å². The van der Waals surface area contributed by atoms with E-state index >= 15 is 0 Å². The topological polar surface area (TPSA) is 77.5 Å². The van der Waals surface area contributed by atoms with Crippen molar-refractivity contribution >= 4 is 16.9 Å². The number of alkyl halides is 3. The zero-order valence-corrected chi connectivity index (χ0v) is 18.1. The minimum absolute atomic E-state index is 0.236. The number of fused-ring (bicyclic) bond motifs is 1. The van der Waals surface area contributed by atoms with Gasteiger partial charge < -0.3 is 18.8 Å². The summed E-state index contributed by atoms with van der Waals surface area (Å²) in [6.07, 6.45) is -2.58. The number of hydrogen-bond acceptors (Lipinski definition) is 4. The Bertz CT molecular complexity index is 1320. The molecule has 9 heteroatoms. The highest BCUT2D eigenvalue weighted by atomic mass is 19.4. The van der Waals surface area contributed by atoms with Crippen LogP contribution in [0.5, 0.6) is 5.75 Å². The maximum atomic E-state index is 12.8. The normalized spacial score (nSPS) is 12.3. The van der Waals surface area contributed by atoms with Crippen molar-refractivity contribution in [1.82, 2.24) is 9.55 Å². The number of benzene rings is 2. The van der Waals surface area contributed by atoms with Crippen molar-refractivity contribution in [3.63, 3.8) is 0 Å². The maximum Gasteiger partial charge on any atom is 0.416 e. The highest BCUT2D eigenvalue weighted by Crippen LogP contribution is 2.33. The molecule has 0 aliphatic heterocycles. The number of halogens is 3. The first kappa shape index (κ1) is 22.4. The second-order valence-electron chi connectivity index (χ2n) is 8.15. The molecule has 0 bridgehead atoms. The molecule has 6 nitrogen and oxygen atoms in total. The lowest BCUT2D eigenvalue weighted by Gasteiger charge is -2.22. The van der Waals surface area contributed by atoms with Crippen LogP contribution in [0.4, 0.5) is 13.2 Å². The van der Waals surface area contributed by atoms with Gasteiger partial charge >= 0.3 is 12.1 Å². The van der Waals surface area contributed by atoms with Crippen LogP contribution in [0.25, 0.3) is 22.4 Å². The van der Waals surface area contributed by atoms with Crippen molar-refractivity contribution < 1.29 is 32.2 Å². The fourth-order valence-electron chi connectivity index (χ4n) is 3.40. The average Bonchev–Trinajstić information content (AvgIpc) is 3.32. The molecule has 0 amide bonds. The molecular weight excluding hydrogens is 437 g/mol. The minimum Gasteiger partial charge on any atom is -0.478 e. The summed E-state index contributed by atoms with van der Waals surface area (Å²) < 4.78 is 51.9. The number of carboxylic acid groups (broad SMARTS) is 1. The van der Waals surface area contributed by atoms with Crippen LogP contribution in [0.15, 0.2) is 59.1 Å². The zero-order chi connectivity index (χ0) is 24.0. The van der Waals surface area contributed by atoms with Gasteiger partial charge in [-0.25, -0.2) is 9.78 Å². The Morgan fingerprint density at radius 3 is 2.45 bits per heavy atom. The summed E-state index contributed by atoms with van der Waals surface area (Å²) in [5.41, 5.74) is -0.264. The molecule has 2 aromatic heterocycles. The number of ether oxygens (including phenoxy) is 1. The Kier molecular flexibility index (Phi) is 5.43. The number of oxazole rings is 1. The van der Waals surface area contributed by atoms with E-state index in [0.717, 1.165) is 23.0 Å². The summed E-state index contributed by atoms with van der Waals surface area (Å²) in [4.78, 5) is 15.8. The van der Waals surface area contributed by atoms with Crippen molar-refractivity contribution in [3.05, 3.63) is 71.7 Å². The van der Waals surface area contributed by atoms with Gasteiger partial charge in [0.15, 0.2) is 5.60 Å².